The number of ether oxygens (including phenoxy) is 3. The molecule has 0 aliphatic heterocycles. The zero-order valence-corrected chi connectivity index (χ0v) is 36.2. The summed E-state index contributed by atoms with van der Waals surface area (Å²) in [4.78, 5) is 37.7. The fraction of sp³-hybridized carbons (Fsp3) is 0.776. The summed E-state index contributed by atoms with van der Waals surface area (Å²) >= 11 is 0. The lowest BCUT2D eigenvalue weighted by atomic mass is 10.1. The number of carbonyl (C=O) groups excluding carboxylic acids is 3. The molecule has 0 aromatic heterocycles. The molecule has 1 unspecified atom stereocenters. The molecule has 318 valence electrons. The van der Waals surface area contributed by atoms with Gasteiger partial charge in [0.25, 0.3) is 0 Å². The smallest absolute Gasteiger partial charge is 0.306 e. The fourth-order valence-electron chi connectivity index (χ4n) is 6.30. The highest BCUT2D eigenvalue weighted by Crippen LogP contribution is 2.13. The number of rotatable bonds is 41. The van der Waals surface area contributed by atoms with Gasteiger partial charge in [-0.15, -0.1) is 0 Å². The van der Waals surface area contributed by atoms with Gasteiger partial charge in [0.1, 0.15) is 13.2 Å². The monoisotopic (exact) mass is 771 g/mol. The van der Waals surface area contributed by atoms with Crippen molar-refractivity contribution in [2.24, 2.45) is 0 Å². The van der Waals surface area contributed by atoms with Crippen LogP contribution in [0.1, 0.15) is 226 Å². The van der Waals surface area contributed by atoms with Crippen LogP contribution >= 0.6 is 0 Å². The van der Waals surface area contributed by atoms with Crippen molar-refractivity contribution in [3.8, 4) is 0 Å². The van der Waals surface area contributed by atoms with Gasteiger partial charge < -0.3 is 14.2 Å². The minimum absolute atomic E-state index is 0.0918. The topological polar surface area (TPSA) is 78.9 Å². The molecular formula is C49H86O6. The van der Waals surface area contributed by atoms with Crippen molar-refractivity contribution in [3.05, 3.63) is 48.6 Å². The zero-order valence-electron chi connectivity index (χ0n) is 36.2. The van der Waals surface area contributed by atoms with Gasteiger partial charge >= 0.3 is 17.9 Å². The van der Waals surface area contributed by atoms with Crippen LogP contribution in [0.3, 0.4) is 0 Å². The summed E-state index contributed by atoms with van der Waals surface area (Å²) in [6.07, 6.45) is 51.0. The van der Waals surface area contributed by atoms with Gasteiger partial charge in [0.15, 0.2) is 6.10 Å². The summed E-state index contributed by atoms with van der Waals surface area (Å²) in [5, 5.41) is 0. The van der Waals surface area contributed by atoms with Gasteiger partial charge in [-0.25, -0.2) is 0 Å². The first-order valence-electron chi connectivity index (χ1n) is 23.1. The lowest BCUT2D eigenvalue weighted by Gasteiger charge is -2.18. The first-order chi connectivity index (χ1) is 27.0. The Kier molecular flexibility index (Phi) is 42.0. The van der Waals surface area contributed by atoms with Crippen LogP contribution in [-0.2, 0) is 28.6 Å². The Labute approximate surface area is 339 Å². The van der Waals surface area contributed by atoms with Crippen LogP contribution in [0.15, 0.2) is 48.6 Å². The van der Waals surface area contributed by atoms with Crippen molar-refractivity contribution in [2.75, 3.05) is 13.2 Å². The average molecular weight is 771 g/mol. The molecule has 0 N–H and O–H groups in total. The van der Waals surface area contributed by atoms with Crippen molar-refractivity contribution in [1.82, 2.24) is 0 Å². The Bertz CT molecular complexity index is 980. The highest BCUT2D eigenvalue weighted by molar-refractivity contribution is 5.71. The number of carbonyl (C=O) groups is 3. The maximum absolute atomic E-state index is 12.7. The van der Waals surface area contributed by atoms with Crippen LogP contribution in [-0.4, -0.2) is 37.2 Å². The van der Waals surface area contributed by atoms with Gasteiger partial charge in [-0.3, -0.25) is 14.4 Å². The zero-order chi connectivity index (χ0) is 40.1. The second-order valence-electron chi connectivity index (χ2n) is 15.3. The van der Waals surface area contributed by atoms with Crippen molar-refractivity contribution in [3.63, 3.8) is 0 Å². The second-order valence-corrected chi connectivity index (χ2v) is 15.3. The van der Waals surface area contributed by atoms with Crippen molar-refractivity contribution >= 4 is 17.9 Å². The van der Waals surface area contributed by atoms with Gasteiger partial charge in [-0.1, -0.05) is 166 Å². The summed E-state index contributed by atoms with van der Waals surface area (Å²) in [7, 11) is 0. The molecule has 6 nitrogen and oxygen atoms in total. The molecule has 6 heteroatoms. The molecule has 0 amide bonds. The SMILES string of the molecule is CC/C=C\C/C=C\CCCCCCCCCC(=O)OCC(COC(=O)CCC/C=C\CCCCCC)OC(=O)CCCCC/C=C\CCCCCCCCC. The van der Waals surface area contributed by atoms with Crippen LogP contribution in [0, 0.1) is 0 Å². The fourth-order valence-corrected chi connectivity index (χ4v) is 6.30. The highest BCUT2D eigenvalue weighted by atomic mass is 16.6. The Balaban J connectivity index is 4.40. The molecule has 55 heavy (non-hydrogen) atoms. The van der Waals surface area contributed by atoms with E-state index < -0.39 is 6.10 Å². The van der Waals surface area contributed by atoms with E-state index in [4.69, 9.17) is 14.2 Å². The normalized spacial score (nSPS) is 12.4. The van der Waals surface area contributed by atoms with E-state index in [0.717, 1.165) is 83.5 Å². The molecule has 0 rings (SSSR count). The summed E-state index contributed by atoms with van der Waals surface area (Å²) < 4.78 is 16.6. The number of unbranched alkanes of at least 4 members (excludes halogenated alkanes) is 22. The first kappa shape index (κ1) is 52.4. The van der Waals surface area contributed by atoms with Gasteiger partial charge in [-0.2, -0.15) is 0 Å². The summed E-state index contributed by atoms with van der Waals surface area (Å²) in [6, 6.07) is 0. The van der Waals surface area contributed by atoms with Gasteiger partial charge in [-0.05, 0) is 89.9 Å². The maximum atomic E-state index is 12.7. The Hall–Kier alpha value is -2.63. The molecule has 0 fully saturated rings. The Morgan fingerprint density at radius 1 is 0.382 bits per heavy atom. The van der Waals surface area contributed by atoms with E-state index in [9.17, 15) is 14.4 Å². The summed E-state index contributed by atoms with van der Waals surface area (Å²) in [5.41, 5.74) is 0. The molecule has 0 spiro atoms. The predicted octanol–water partition coefficient (Wildman–Crippen LogP) is 14.8. The minimum atomic E-state index is -0.791. The molecule has 0 radical (unpaired) electrons. The Morgan fingerprint density at radius 3 is 1.22 bits per heavy atom. The first-order valence-corrected chi connectivity index (χ1v) is 23.1. The third-order valence-electron chi connectivity index (χ3n) is 9.79. The van der Waals surface area contributed by atoms with Crippen LogP contribution in [0.5, 0.6) is 0 Å². The molecule has 0 saturated heterocycles. The molecule has 0 aliphatic rings. The van der Waals surface area contributed by atoms with E-state index >= 15 is 0 Å². The maximum Gasteiger partial charge on any atom is 0.306 e. The lowest BCUT2D eigenvalue weighted by molar-refractivity contribution is -0.167. The van der Waals surface area contributed by atoms with Gasteiger partial charge in [0, 0.05) is 19.3 Å². The standard InChI is InChI=1S/C49H86O6/c1-4-7-10-13-16-19-21-23-25-27-30-33-36-39-42-48(51)54-45-46(44-53-47(50)41-38-35-32-29-18-15-12-9-6-3)55-49(52)43-40-37-34-31-28-26-24-22-20-17-14-11-8-5-2/h7,10,16,19,26,28-29,32,46H,4-6,8-9,11-15,17-18,20-25,27,30-31,33-45H2,1-3H3/b10-7-,19-16-,28-26-,32-29-. The lowest BCUT2D eigenvalue weighted by Crippen LogP contribution is -2.30. The molecule has 0 aromatic carbocycles. The predicted molar refractivity (Wildman–Crippen MR) is 233 cm³/mol. The van der Waals surface area contributed by atoms with Gasteiger partial charge in [0.05, 0.1) is 0 Å². The van der Waals surface area contributed by atoms with E-state index in [1.54, 1.807) is 0 Å². The number of esters is 3. The van der Waals surface area contributed by atoms with E-state index in [-0.39, 0.29) is 31.1 Å². The molecular weight excluding hydrogens is 685 g/mol. The molecule has 0 aromatic rings. The van der Waals surface area contributed by atoms with Crippen molar-refractivity contribution < 1.29 is 28.6 Å². The van der Waals surface area contributed by atoms with E-state index in [2.05, 4.69) is 69.4 Å². The van der Waals surface area contributed by atoms with Crippen molar-refractivity contribution in [2.45, 2.75) is 232 Å². The minimum Gasteiger partial charge on any atom is -0.462 e. The molecule has 0 heterocycles. The Morgan fingerprint density at radius 2 is 0.727 bits per heavy atom. The van der Waals surface area contributed by atoms with E-state index in [1.807, 2.05) is 0 Å². The number of hydrogen-bond donors (Lipinski definition) is 0. The molecule has 1 atom stereocenters. The van der Waals surface area contributed by atoms with Crippen LogP contribution in [0.2, 0.25) is 0 Å². The van der Waals surface area contributed by atoms with E-state index in [1.165, 1.54) is 96.3 Å². The van der Waals surface area contributed by atoms with Crippen LogP contribution in [0.4, 0.5) is 0 Å². The van der Waals surface area contributed by atoms with Crippen LogP contribution < -0.4 is 0 Å². The number of allylic oxidation sites excluding steroid dienone is 8. The molecule has 0 saturated carbocycles. The van der Waals surface area contributed by atoms with E-state index in [0.29, 0.717) is 25.7 Å². The molecule has 0 aliphatic carbocycles. The van der Waals surface area contributed by atoms with Crippen molar-refractivity contribution in [1.29, 1.82) is 0 Å². The third kappa shape index (κ3) is 42.4. The highest BCUT2D eigenvalue weighted by Gasteiger charge is 2.19. The third-order valence-corrected chi connectivity index (χ3v) is 9.79. The average Bonchev–Trinajstić information content (AvgIpc) is 3.18. The second kappa shape index (κ2) is 44.1. The molecule has 0 bridgehead atoms. The quantitative estimate of drug-likeness (QED) is 0.0267. The van der Waals surface area contributed by atoms with Crippen LogP contribution in [0.25, 0.3) is 0 Å². The van der Waals surface area contributed by atoms with Gasteiger partial charge in [0.2, 0.25) is 0 Å². The largest absolute Gasteiger partial charge is 0.462 e. The summed E-state index contributed by atoms with van der Waals surface area (Å²) in [5.74, 6) is -0.953. The number of hydrogen-bond acceptors (Lipinski definition) is 6. The summed E-state index contributed by atoms with van der Waals surface area (Å²) in [6.45, 7) is 6.44.